The van der Waals surface area contributed by atoms with Gasteiger partial charge >= 0.3 is 0 Å². The summed E-state index contributed by atoms with van der Waals surface area (Å²) in [4.78, 5) is 26.1. The lowest BCUT2D eigenvalue weighted by Gasteiger charge is -2.22. The predicted octanol–water partition coefficient (Wildman–Crippen LogP) is 2.91. The van der Waals surface area contributed by atoms with Crippen LogP contribution in [0.3, 0.4) is 0 Å². The molecule has 0 aliphatic carbocycles. The molecule has 110 valence electrons. The first-order chi connectivity index (χ1) is 10.7. The number of rotatable bonds is 1. The lowest BCUT2D eigenvalue weighted by atomic mass is 10.1. The van der Waals surface area contributed by atoms with E-state index < -0.39 is 0 Å². The van der Waals surface area contributed by atoms with Gasteiger partial charge in [0.15, 0.2) is 11.5 Å². The number of amides is 2. The molecular formula is C16H10ClNO4. The van der Waals surface area contributed by atoms with Crippen molar-refractivity contribution in [2.24, 2.45) is 0 Å². The second-order valence-electron chi connectivity index (χ2n) is 4.94. The molecule has 2 aromatic rings. The van der Waals surface area contributed by atoms with Gasteiger partial charge in [-0.3, -0.25) is 9.59 Å². The van der Waals surface area contributed by atoms with Crippen molar-refractivity contribution in [1.29, 1.82) is 0 Å². The van der Waals surface area contributed by atoms with E-state index in [4.69, 9.17) is 21.1 Å². The van der Waals surface area contributed by atoms with Crippen LogP contribution in [0.4, 0.5) is 5.69 Å². The minimum absolute atomic E-state index is 0.263. The molecule has 0 aromatic heterocycles. The van der Waals surface area contributed by atoms with Gasteiger partial charge in [0.25, 0.3) is 11.8 Å². The Labute approximate surface area is 131 Å². The molecule has 2 heterocycles. The standard InChI is InChI=1S/C16H10ClNO4/c17-11-7-13-14(22-6-5-21-13)8-12(11)18-15(19)9-3-1-2-4-10(9)16(18)20/h1-4,7-8H,5-6H2. The second kappa shape index (κ2) is 4.74. The smallest absolute Gasteiger partial charge is 0.266 e. The molecule has 0 unspecified atom stereocenters. The molecule has 0 saturated heterocycles. The van der Waals surface area contributed by atoms with E-state index >= 15 is 0 Å². The minimum atomic E-state index is -0.390. The molecule has 0 bridgehead atoms. The first-order valence-electron chi connectivity index (χ1n) is 6.74. The molecule has 2 aliphatic rings. The normalized spacial score (nSPS) is 16.0. The Balaban J connectivity index is 1.84. The van der Waals surface area contributed by atoms with Crippen LogP contribution in [-0.4, -0.2) is 25.0 Å². The minimum Gasteiger partial charge on any atom is -0.486 e. The van der Waals surface area contributed by atoms with Crippen LogP contribution in [0.5, 0.6) is 11.5 Å². The van der Waals surface area contributed by atoms with Crippen LogP contribution >= 0.6 is 11.6 Å². The third kappa shape index (κ3) is 1.79. The number of hydrogen-bond donors (Lipinski definition) is 0. The van der Waals surface area contributed by atoms with Gasteiger partial charge in [0, 0.05) is 12.1 Å². The van der Waals surface area contributed by atoms with Crippen molar-refractivity contribution in [3.63, 3.8) is 0 Å². The number of ether oxygens (including phenoxy) is 2. The zero-order valence-electron chi connectivity index (χ0n) is 11.3. The van der Waals surface area contributed by atoms with Crippen molar-refractivity contribution in [2.75, 3.05) is 18.1 Å². The summed E-state index contributed by atoms with van der Waals surface area (Å²) in [6.07, 6.45) is 0. The van der Waals surface area contributed by atoms with E-state index in [0.717, 1.165) is 4.90 Å². The first kappa shape index (κ1) is 13.2. The zero-order valence-corrected chi connectivity index (χ0v) is 12.1. The van der Waals surface area contributed by atoms with Crippen LogP contribution in [0.25, 0.3) is 0 Å². The number of anilines is 1. The van der Waals surface area contributed by atoms with Crippen LogP contribution in [0.15, 0.2) is 36.4 Å². The molecule has 0 fully saturated rings. The number of carbonyl (C=O) groups excluding carboxylic acids is 2. The Morgan fingerprint density at radius 1 is 0.909 bits per heavy atom. The fraction of sp³-hybridized carbons (Fsp3) is 0.125. The lowest BCUT2D eigenvalue weighted by molar-refractivity contribution is 0.0926. The van der Waals surface area contributed by atoms with E-state index in [-0.39, 0.29) is 16.8 Å². The second-order valence-corrected chi connectivity index (χ2v) is 5.35. The molecule has 0 N–H and O–H groups in total. The Kier molecular flexibility index (Phi) is 2.84. The zero-order chi connectivity index (χ0) is 15.3. The van der Waals surface area contributed by atoms with Crippen molar-refractivity contribution in [3.05, 3.63) is 52.5 Å². The fourth-order valence-corrected chi connectivity index (χ4v) is 2.87. The Morgan fingerprint density at radius 3 is 2.05 bits per heavy atom. The molecule has 5 nitrogen and oxygen atoms in total. The number of hydrogen-bond acceptors (Lipinski definition) is 4. The molecule has 0 saturated carbocycles. The number of carbonyl (C=O) groups is 2. The van der Waals surface area contributed by atoms with Gasteiger partial charge in [-0.25, -0.2) is 4.90 Å². The van der Waals surface area contributed by atoms with E-state index in [9.17, 15) is 9.59 Å². The molecule has 22 heavy (non-hydrogen) atoms. The summed E-state index contributed by atoms with van der Waals surface area (Å²) in [6, 6.07) is 9.83. The maximum absolute atomic E-state index is 12.5. The van der Waals surface area contributed by atoms with E-state index in [1.165, 1.54) is 0 Å². The van der Waals surface area contributed by atoms with Crippen molar-refractivity contribution < 1.29 is 19.1 Å². The maximum Gasteiger partial charge on any atom is 0.266 e. The largest absolute Gasteiger partial charge is 0.486 e. The summed E-state index contributed by atoms with van der Waals surface area (Å²) in [7, 11) is 0. The Bertz CT molecular complexity index is 783. The predicted molar refractivity (Wildman–Crippen MR) is 80.0 cm³/mol. The molecule has 2 amide bonds. The van der Waals surface area contributed by atoms with Gasteiger partial charge in [-0.2, -0.15) is 0 Å². The van der Waals surface area contributed by atoms with Gasteiger partial charge in [0.1, 0.15) is 13.2 Å². The van der Waals surface area contributed by atoms with Gasteiger partial charge < -0.3 is 9.47 Å². The molecule has 4 rings (SSSR count). The van der Waals surface area contributed by atoms with E-state index in [2.05, 4.69) is 0 Å². The number of imide groups is 1. The summed E-state index contributed by atoms with van der Waals surface area (Å²) in [5.41, 5.74) is 1.05. The van der Waals surface area contributed by atoms with E-state index in [0.29, 0.717) is 41.5 Å². The number of nitrogens with zero attached hydrogens (tertiary/aromatic N) is 1. The number of halogens is 1. The van der Waals surface area contributed by atoms with Crippen molar-refractivity contribution in [1.82, 2.24) is 0 Å². The highest BCUT2D eigenvalue weighted by Gasteiger charge is 2.38. The molecule has 2 aromatic carbocycles. The highest BCUT2D eigenvalue weighted by molar-refractivity contribution is 6.40. The third-order valence-electron chi connectivity index (χ3n) is 3.65. The monoisotopic (exact) mass is 315 g/mol. The lowest BCUT2D eigenvalue weighted by Crippen LogP contribution is -2.30. The molecular weight excluding hydrogens is 306 g/mol. The summed E-state index contributed by atoms with van der Waals surface area (Å²) in [6.45, 7) is 0.853. The highest BCUT2D eigenvalue weighted by atomic mass is 35.5. The van der Waals surface area contributed by atoms with E-state index in [1.807, 2.05) is 0 Å². The van der Waals surface area contributed by atoms with Crippen molar-refractivity contribution in [2.45, 2.75) is 0 Å². The topological polar surface area (TPSA) is 55.8 Å². The third-order valence-corrected chi connectivity index (χ3v) is 3.95. The van der Waals surface area contributed by atoms with Crippen LogP contribution < -0.4 is 14.4 Å². The van der Waals surface area contributed by atoms with Crippen LogP contribution in [-0.2, 0) is 0 Å². The van der Waals surface area contributed by atoms with Gasteiger partial charge in [-0.1, -0.05) is 23.7 Å². The maximum atomic E-state index is 12.5. The summed E-state index contributed by atoms with van der Waals surface area (Å²) < 4.78 is 10.9. The first-order valence-corrected chi connectivity index (χ1v) is 7.11. The SMILES string of the molecule is O=C1c2ccccc2C(=O)N1c1cc2c(cc1Cl)OCCO2. The van der Waals surface area contributed by atoms with Crippen molar-refractivity contribution >= 4 is 29.1 Å². The van der Waals surface area contributed by atoms with Gasteiger partial charge in [-0.15, -0.1) is 0 Å². The molecule has 6 heteroatoms. The fourth-order valence-electron chi connectivity index (χ4n) is 2.63. The Hall–Kier alpha value is -2.53. The average Bonchev–Trinajstić information content (AvgIpc) is 2.79. The number of benzene rings is 2. The molecule has 2 aliphatic heterocycles. The summed E-state index contributed by atoms with van der Waals surface area (Å²) in [5.74, 6) is 0.206. The van der Waals surface area contributed by atoms with Crippen molar-refractivity contribution in [3.8, 4) is 11.5 Å². The molecule has 0 radical (unpaired) electrons. The van der Waals surface area contributed by atoms with Gasteiger partial charge in [-0.05, 0) is 12.1 Å². The van der Waals surface area contributed by atoms with Gasteiger partial charge in [0.2, 0.25) is 0 Å². The Morgan fingerprint density at radius 2 is 1.45 bits per heavy atom. The van der Waals surface area contributed by atoms with Crippen LogP contribution in [0.2, 0.25) is 5.02 Å². The molecule has 0 atom stereocenters. The van der Waals surface area contributed by atoms with Crippen LogP contribution in [0, 0.1) is 0 Å². The van der Waals surface area contributed by atoms with Crippen LogP contribution in [0.1, 0.15) is 20.7 Å². The highest BCUT2D eigenvalue weighted by Crippen LogP contribution is 2.41. The quantitative estimate of drug-likeness (QED) is 0.759. The average molecular weight is 316 g/mol. The summed E-state index contributed by atoms with van der Waals surface area (Å²) >= 11 is 6.23. The molecule has 0 spiro atoms. The number of fused-ring (bicyclic) bond motifs is 2. The van der Waals surface area contributed by atoms with Gasteiger partial charge in [0.05, 0.1) is 21.8 Å². The summed E-state index contributed by atoms with van der Waals surface area (Å²) in [5, 5.41) is 0.263. The van der Waals surface area contributed by atoms with E-state index in [1.54, 1.807) is 36.4 Å².